The number of hydrogen-bond donors (Lipinski definition) is 2. The van der Waals surface area contributed by atoms with Crippen LogP contribution in [0.4, 0.5) is 4.39 Å². The summed E-state index contributed by atoms with van der Waals surface area (Å²) in [6.45, 7) is 4.06. The lowest BCUT2D eigenvalue weighted by Gasteiger charge is -2.35. The molecule has 37 heavy (non-hydrogen) atoms. The zero-order chi connectivity index (χ0) is 25.9. The first-order valence-electron chi connectivity index (χ1n) is 12.2. The number of hydrogen-bond acceptors (Lipinski definition) is 7. The number of amides is 1. The van der Waals surface area contributed by atoms with Gasteiger partial charge in [-0.3, -0.25) is 14.3 Å². The van der Waals surface area contributed by atoms with Crippen molar-refractivity contribution >= 4 is 5.91 Å². The van der Waals surface area contributed by atoms with E-state index in [-0.39, 0.29) is 23.6 Å². The molecule has 4 aromatic rings. The Labute approximate surface area is 213 Å². The summed E-state index contributed by atoms with van der Waals surface area (Å²) < 4.78 is 22.1. The second-order valence-electron chi connectivity index (χ2n) is 8.97. The Kier molecular flexibility index (Phi) is 6.91. The van der Waals surface area contributed by atoms with Gasteiger partial charge in [-0.05, 0) is 62.6 Å². The zero-order valence-electron chi connectivity index (χ0n) is 20.5. The highest BCUT2D eigenvalue weighted by molar-refractivity contribution is 5.92. The largest absolute Gasteiger partial charge is 0.492 e. The Balaban J connectivity index is 1.36. The number of aliphatic hydroxyl groups is 1. The van der Waals surface area contributed by atoms with Gasteiger partial charge in [0.05, 0.1) is 24.6 Å². The summed E-state index contributed by atoms with van der Waals surface area (Å²) in [4.78, 5) is 21.2. The lowest BCUT2D eigenvalue weighted by atomic mass is 9.79. The van der Waals surface area contributed by atoms with Crippen LogP contribution in [0.15, 0.2) is 60.9 Å². The van der Waals surface area contributed by atoms with Crippen LogP contribution in [0.5, 0.6) is 5.75 Å². The Morgan fingerprint density at radius 2 is 1.95 bits per heavy atom. The zero-order valence-corrected chi connectivity index (χ0v) is 20.5. The summed E-state index contributed by atoms with van der Waals surface area (Å²) in [6.07, 6.45) is 3.71. The van der Waals surface area contributed by atoms with Gasteiger partial charge in [-0.15, -0.1) is 10.2 Å². The van der Waals surface area contributed by atoms with E-state index < -0.39 is 11.9 Å². The van der Waals surface area contributed by atoms with E-state index in [2.05, 4.69) is 25.5 Å². The van der Waals surface area contributed by atoms with Gasteiger partial charge in [0, 0.05) is 18.2 Å². The molecule has 3 heterocycles. The number of aromatic nitrogens is 5. The third-order valence-corrected chi connectivity index (χ3v) is 6.40. The number of para-hydroxylation sites is 1. The molecule has 1 atom stereocenters. The highest BCUT2D eigenvalue weighted by atomic mass is 19.1. The number of pyridine rings is 2. The summed E-state index contributed by atoms with van der Waals surface area (Å²) >= 11 is 0. The van der Waals surface area contributed by atoms with E-state index in [4.69, 9.17) is 4.74 Å². The van der Waals surface area contributed by atoms with Crippen molar-refractivity contribution in [2.75, 3.05) is 6.61 Å². The van der Waals surface area contributed by atoms with Gasteiger partial charge in [-0.1, -0.05) is 18.2 Å². The fourth-order valence-corrected chi connectivity index (χ4v) is 4.35. The molecule has 9 nitrogen and oxygen atoms in total. The lowest BCUT2D eigenvalue weighted by Crippen LogP contribution is -2.44. The van der Waals surface area contributed by atoms with E-state index in [1.807, 2.05) is 6.92 Å². The number of ether oxygens (including phenoxy) is 1. The molecule has 190 valence electrons. The standard InChI is InChI=1S/C27H27FN6O3/c1-3-37-20-9-11-22(30-15-20)26-33-32-25(34(26)24-7-5-4-6-21(24)28)18-12-19(13-18)31-27(36)23-10-8-17(14-29-23)16(2)35/h4-11,14-16,18-19,35H,3,12-13H2,1-2H3,(H,31,36)/t16?,18-,19-. The van der Waals surface area contributed by atoms with Gasteiger partial charge in [0.15, 0.2) is 5.82 Å². The van der Waals surface area contributed by atoms with E-state index in [0.29, 0.717) is 53.8 Å². The molecule has 0 bridgehead atoms. The van der Waals surface area contributed by atoms with E-state index in [1.165, 1.54) is 12.3 Å². The molecule has 1 fully saturated rings. The van der Waals surface area contributed by atoms with E-state index in [0.717, 1.165) is 0 Å². The van der Waals surface area contributed by atoms with Crippen molar-refractivity contribution in [1.29, 1.82) is 0 Å². The normalized spacial score (nSPS) is 17.6. The number of benzene rings is 1. The van der Waals surface area contributed by atoms with Crippen LogP contribution in [0.2, 0.25) is 0 Å². The number of aliphatic hydroxyl groups excluding tert-OH is 1. The number of halogens is 1. The molecule has 1 aliphatic rings. The molecule has 1 aliphatic carbocycles. The molecule has 1 saturated carbocycles. The van der Waals surface area contributed by atoms with Gasteiger partial charge in [0.2, 0.25) is 0 Å². The maximum absolute atomic E-state index is 14.9. The van der Waals surface area contributed by atoms with Crippen LogP contribution in [-0.2, 0) is 0 Å². The van der Waals surface area contributed by atoms with Crippen molar-refractivity contribution in [3.8, 4) is 23.0 Å². The summed E-state index contributed by atoms with van der Waals surface area (Å²) in [7, 11) is 0. The predicted octanol–water partition coefficient (Wildman–Crippen LogP) is 3.99. The van der Waals surface area contributed by atoms with E-state index >= 15 is 0 Å². The first kappa shape index (κ1) is 24.5. The van der Waals surface area contributed by atoms with Gasteiger partial charge in [-0.2, -0.15) is 0 Å². The topological polar surface area (TPSA) is 115 Å². The second kappa shape index (κ2) is 10.4. The van der Waals surface area contributed by atoms with Crippen molar-refractivity contribution in [2.24, 2.45) is 0 Å². The maximum atomic E-state index is 14.9. The Bertz CT molecular complexity index is 1380. The molecule has 1 aromatic carbocycles. The highest BCUT2D eigenvalue weighted by Crippen LogP contribution is 2.39. The average molecular weight is 503 g/mol. The molecule has 0 aliphatic heterocycles. The predicted molar refractivity (Wildman–Crippen MR) is 134 cm³/mol. The van der Waals surface area contributed by atoms with Crippen molar-refractivity contribution in [3.05, 3.63) is 83.8 Å². The van der Waals surface area contributed by atoms with Crippen molar-refractivity contribution < 1.29 is 19.0 Å². The number of nitrogens with one attached hydrogen (secondary N) is 1. The first-order valence-corrected chi connectivity index (χ1v) is 12.2. The van der Waals surface area contributed by atoms with Crippen LogP contribution in [0.1, 0.15) is 60.6 Å². The molecule has 0 spiro atoms. The molecular weight excluding hydrogens is 475 g/mol. The van der Waals surface area contributed by atoms with Crippen LogP contribution >= 0.6 is 0 Å². The fraction of sp³-hybridized carbons (Fsp3) is 0.296. The summed E-state index contributed by atoms with van der Waals surface area (Å²) in [5, 5.41) is 21.4. The molecule has 5 rings (SSSR count). The Morgan fingerprint density at radius 1 is 1.14 bits per heavy atom. The minimum Gasteiger partial charge on any atom is -0.492 e. The van der Waals surface area contributed by atoms with Gasteiger partial charge in [0.25, 0.3) is 5.91 Å². The fourth-order valence-electron chi connectivity index (χ4n) is 4.35. The van der Waals surface area contributed by atoms with Crippen LogP contribution in [0.25, 0.3) is 17.2 Å². The van der Waals surface area contributed by atoms with Gasteiger partial charge >= 0.3 is 0 Å². The molecule has 1 amide bonds. The van der Waals surface area contributed by atoms with E-state index in [1.54, 1.807) is 60.2 Å². The van der Waals surface area contributed by atoms with Crippen molar-refractivity contribution in [2.45, 2.75) is 44.8 Å². The van der Waals surface area contributed by atoms with E-state index in [9.17, 15) is 14.3 Å². The van der Waals surface area contributed by atoms with Crippen LogP contribution < -0.4 is 10.1 Å². The van der Waals surface area contributed by atoms with Crippen LogP contribution in [0, 0.1) is 5.82 Å². The summed E-state index contributed by atoms with van der Waals surface area (Å²) in [6, 6.07) is 13.2. The number of carbonyl (C=O) groups is 1. The first-order chi connectivity index (χ1) is 17.9. The Hall–Kier alpha value is -4.18. The van der Waals surface area contributed by atoms with Crippen molar-refractivity contribution in [3.63, 3.8) is 0 Å². The van der Waals surface area contributed by atoms with Gasteiger partial charge in [0.1, 0.15) is 28.8 Å². The highest BCUT2D eigenvalue weighted by Gasteiger charge is 2.36. The lowest BCUT2D eigenvalue weighted by molar-refractivity contribution is 0.0901. The molecule has 2 N–H and O–H groups in total. The number of carbonyl (C=O) groups excluding carboxylic acids is 1. The van der Waals surface area contributed by atoms with Gasteiger partial charge in [-0.25, -0.2) is 9.37 Å². The maximum Gasteiger partial charge on any atom is 0.270 e. The van der Waals surface area contributed by atoms with Crippen LogP contribution in [-0.4, -0.2) is 48.4 Å². The minimum absolute atomic E-state index is 0.0283. The third-order valence-electron chi connectivity index (χ3n) is 6.40. The Morgan fingerprint density at radius 3 is 2.59 bits per heavy atom. The summed E-state index contributed by atoms with van der Waals surface area (Å²) in [5.74, 6) is 0.969. The quantitative estimate of drug-likeness (QED) is 0.374. The minimum atomic E-state index is -0.647. The van der Waals surface area contributed by atoms with Gasteiger partial charge < -0.3 is 15.2 Å². The summed E-state index contributed by atoms with van der Waals surface area (Å²) in [5.41, 5.74) is 1.81. The molecule has 0 saturated heterocycles. The van der Waals surface area contributed by atoms with Crippen LogP contribution in [0.3, 0.4) is 0 Å². The second-order valence-corrected chi connectivity index (χ2v) is 8.97. The molecule has 0 radical (unpaired) electrons. The smallest absolute Gasteiger partial charge is 0.270 e. The third kappa shape index (κ3) is 5.05. The molecule has 3 aromatic heterocycles. The number of rotatable bonds is 8. The van der Waals surface area contributed by atoms with Crippen molar-refractivity contribution in [1.82, 2.24) is 30.0 Å². The monoisotopic (exact) mass is 502 g/mol. The molecular formula is C27H27FN6O3. The number of nitrogens with zero attached hydrogens (tertiary/aromatic N) is 5. The molecule has 1 unspecified atom stereocenters. The molecule has 10 heteroatoms. The average Bonchev–Trinajstić information content (AvgIpc) is 3.31. The SMILES string of the molecule is CCOc1ccc(-c2nnc([C@H]3C[C@H](NC(=O)c4ccc(C(C)O)cn4)C3)n2-c2ccccc2F)nc1.